The van der Waals surface area contributed by atoms with Crippen molar-refractivity contribution >= 4 is 15.4 Å². The topological polar surface area (TPSA) is 185 Å². The minimum absolute atomic E-state index is 0.000373. The highest BCUT2D eigenvalue weighted by Crippen LogP contribution is 2.57. The lowest BCUT2D eigenvalue weighted by molar-refractivity contribution is -0.0731. The Morgan fingerprint density at radius 3 is 2.37 bits per heavy atom. The number of aliphatic hydroxyl groups is 1. The van der Waals surface area contributed by atoms with E-state index in [0.29, 0.717) is 0 Å². The van der Waals surface area contributed by atoms with E-state index in [1.165, 1.54) is 40.8 Å². The van der Waals surface area contributed by atoms with Gasteiger partial charge in [-0.05, 0) is 34.6 Å². The molecule has 0 spiro atoms. The van der Waals surface area contributed by atoms with Crippen molar-refractivity contribution in [3.05, 3.63) is 32.6 Å². The predicted octanol–water partition coefficient (Wildman–Crippen LogP) is 1.64. The lowest BCUT2D eigenvalue weighted by Gasteiger charge is -2.34. The highest BCUT2D eigenvalue weighted by Gasteiger charge is 2.46. The largest absolute Gasteiger partial charge is 0.474 e. The van der Waals surface area contributed by atoms with Gasteiger partial charge in [-0.15, -0.1) is 0 Å². The smallest absolute Gasteiger partial charge is 0.390 e. The SMILES string of the molecule is COP(=O)(OC)OC(C)(C)COC(C)(C)P(=O)(O)OCC1OC(n2cc(C)c(=O)[nH]c2=O)CC1O. The first-order valence-corrected chi connectivity index (χ1v) is 13.7. The Hall–Kier alpha value is -1.18. The highest BCUT2D eigenvalue weighted by atomic mass is 31.2. The number of phosphoric acid groups is 1. The second kappa shape index (κ2) is 11.1. The van der Waals surface area contributed by atoms with Gasteiger partial charge in [-0.2, -0.15) is 0 Å². The van der Waals surface area contributed by atoms with Crippen LogP contribution >= 0.6 is 15.4 Å². The first kappa shape index (κ1) is 30.0. The number of ether oxygens (including phenoxy) is 2. The summed E-state index contributed by atoms with van der Waals surface area (Å²) in [6, 6.07) is 0. The average molecular weight is 544 g/mol. The zero-order valence-corrected chi connectivity index (χ0v) is 22.5. The molecule has 0 aliphatic carbocycles. The van der Waals surface area contributed by atoms with Crippen molar-refractivity contribution in [2.45, 2.75) is 70.4 Å². The fraction of sp³-hybridized carbons (Fsp3) is 0.789. The summed E-state index contributed by atoms with van der Waals surface area (Å²) in [5, 5.41) is 8.61. The third-order valence-electron chi connectivity index (χ3n) is 5.33. The van der Waals surface area contributed by atoms with Gasteiger partial charge in [-0.3, -0.25) is 32.5 Å². The minimum atomic E-state index is -4.46. The molecule has 1 fully saturated rings. The molecule has 0 saturated carbocycles. The summed E-state index contributed by atoms with van der Waals surface area (Å²) in [4.78, 5) is 36.3. The number of aliphatic hydroxyl groups excluding tert-OH is 1. The Labute approximate surface area is 202 Å². The van der Waals surface area contributed by atoms with E-state index in [4.69, 9.17) is 27.6 Å². The molecule has 35 heavy (non-hydrogen) atoms. The molecule has 1 aliphatic rings. The van der Waals surface area contributed by atoms with Crippen molar-refractivity contribution in [3.63, 3.8) is 0 Å². The van der Waals surface area contributed by atoms with E-state index in [0.717, 1.165) is 18.8 Å². The Bertz CT molecular complexity index is 1090. The number of H-pyrrole nitrogens is 1. The van der Waals surface area contributed by atoms with Crippen molar-refractivity contribution in [2.24, 2.45) is 0 Å². The standard InChI is InChI=1S/C19H34N2O12P2/c1-12-9-21(17(24)20-16(12)23)15-8-13(22)14(32-15)10-31-34(25,26)19(4,5)30-11-18(2,3)33-35(27,28-6)29-7/h9,13-15,22H,8,10-11H2,1-7H3,(H,25,26)(H,20,23,24). The maximum atomic E-state index is 12.9. The lowest BCUT2D eigenvalue weighted by Crippen LogP contribution is -2.37. The van der Waals surface area contributed by atoms with Crippen LogP contribution in [0.2, 0.25) is 0 Å². The number of hydrogen-bond donors (Lipinski definition) is 3. The summed E-state index contributed by atoms with van der Waals surface area (Å²) < 4.78 is 57.6. The zero-order chi connectivity index (χ0) is 26.8. The fourth-order valence-corrected chi connectivity index (χ4v) is 4.92. The summed E-state index contributed by atoms with van der Waals surface area (Å²) in [6.45, 7) is 6.48. The number of nitrogens with zero attached hydrogens (tertiary/aromatic N) is 1. The van der Waals surface area contributed by atoms with Crippen LogP contribution in [0.1, 0.15) is 45.9 Å². The van der Waals surface area contributed by atoms with E-state index in [-0.39, 0.29) is 18.6 Å². The summed E-state index contributed by atoms with van der Waals surface area (Å²) in [5.41, 5.74) is -2.19. The van der Waals surface area contributed by atoms with Crippen molar-refractivity contribution < 1.29 is 46.7 Å². The van der Waals surface area contributed by atoms with Gasteiger partial charge in [0.2, 0.25) is 0 Å². The summed E-state index contributed by atoms with van der Waals surface area (Å²) in [7, 11) is -5.98. The lowest BCUT2D eigenvalue weighted by atomic mass is 10.2. The Balaban J connectivity index is 2.01. The van der Waals surface area contributed by atoms with Crippen LogP contribution in [-0.2, 0) is 36.7 Å². The molecule has 4 unspecified atom stereocenters. The van der Waals surface area contributed by atoms with Crippen LogP contribution in [0.5, 0.6) is 0 Å². The zero-order valence-electron chi connectivity index (χ0n) is 20.7. The predicted molar refractivity (Wildman–Crippen MR) is 123 cm³/mol. The number of aryl methyl sites for hydroxylation is 1. The molecule has 2 heterocycles. The number of hydrogen-bond acceptors (Lipinski definition) is 11. The number of nitrogens with one attached hydrogen (secondary N) is 1. The monoisotopic (exact) mass is 544 g/mol. The van der Waals surface area contributed by atoms with Gasteiger partial charge in [0.05, 0.1) is 24.9 Å². The van der Waals surface area contributed by atoms with Gasteiger partial charge in [0.25, 0.3) is 5.56 Å². The summed E-state index contributed by atoms with van der Waals surface area (Å²) >= 11 is 0. The number of aromatic nitrogens is 2. The molecule has 0 radical (unpaired) electrons. The molecule has 14 nitrogen and oxygen atoms in total. The minimum Gasteiger partial charge on any atom is -0.390 e. The van der Waals surface area contributed by atoms with E-state index < -0.39 is 62.7 Å². The van der Waals surface area contributed by atoms with Crippen LogP contribution < -0.4 is 11.2 Å². The number of aromatic amines is 1. The molecule has 1 aromatic heterocycles. The molecule has 3 N–H and O–H groups in total. The fourth-order valence-electron chi connectivity index (χ4n) is 3.08. The van der Waals surface area contributed by atoms with Crippen LogP contribution in [0.15, 0.2) is 15.8 Å². The normalized spacial score (nSPS) is 23.4. The van der Waals surface area contributed by atoms with Crippen LogP contribution in [0.25, 0.3) is 0 Å². The highest BCUT2D eigenvalue weighted by molar-refractivity contribution is 7.54. The van der Waals surface area contributed by atoms with E-state index in [9.17, 15) is 28.7 Å². The number of phosphoric ester groups is 1. The Morgan fingerprint density at radius 2 is 1.80 bits per heavy atom. The second-order valence-electron chi connectivity index (χ2n) is 9.13. The maximum Gasteiger partial charge on any atom is 0.474 e. The van der Waals surface area contributed by atoms with Crippen LogP contribution in [-0.4, -0.2) is 70.1 Å². The quantitative estimate of drug-likeness (QED) is 0.324. The Morgan fingerprint density at radius 1 is 1.20 bits per heavy atom. The van der Waals surface area contributed by atoms with Gasteiger partial charge in [0, 0.05) is 32.4 Å². The van der Waals surface area contributed by atoms with Gasteiger partial charge in [0.1, 0.15) is 12.3 Å². The molecule has 0 aromatic carbocycles. The third-order valence-corrected chi connectivity index (χ3v) is 8.94. The van der Waals surface area contributed by atoms with Crippen molar-refractivity contribution in [3.8, 4) is 0 Å². The molecule has 2 rings (SSSR count). The molecule has 1 aromatic rings. The van der Waals surface area contributed by atoms with Crippen LogP contribution in [0, 0.1) is 6.92 Å². The molecule has 1 aliphatic heterocycles. The van der Waals surface area contributed by atoms with Gasteiger partial charge < -0.3 is 24.0 Å². The first-order chi connectivity index (χ1) is 16.0. The second-order valence-corrected chi connectivity index (χ2v) is 13.3. The van der Waals surface area contributed by atoms with E-state index >= 15 is 0 Å². The van der Waals surface area contributed by atoms with Crippen molar-refractivity contribution in [1.29, 1.82) is 0 Å². The summed E-state index contributed by atoms with van der Waals surface area (Å²) in [6.07, 6.45) is -1.72. The van der Waals surface area contributed by atoms with E-state index in [1.54, 1.807) is 0 Å². The molecule has 4 atom stereocenters. The third kappa shape index (κ3) is 7.42. The van der Waals surface area contributed by atoms with Gasteiger partial charge in [-0.1, -0.05) is 0 Å². The summed E-state index contributed by atoms with van der Waals surface area (Å²) in [5.74, 6) is 0. The van der Waals surface area contributed by atoms with Crippen LogP contribution in [0.3, 0.4) is 0 Å². The van der Waals surface area contributed by atoms with Crippen LogP contribution in [0.4, 0.5) is 0 Å². The van der Waals surface area contributed by atoms with E-state index in [2.05, 4.69) is 4.98 Å². The average Bonchev–Trinajstić information content (AvgIpc) is 3.13. The molecule has 16 heteroatoms. The van der Waals surface area contributed by atoms with Gasteiger partial charge >= 0.3 is 21.1 Å². The first-order valence-electron chi connectivity index (χ1n) is 10.6. The molecule has 202 valence electrons. The Kier molecular flexibility index (Phi) is 9.49. The molecule has 1 saturated heterocycles. The molecule has 0 amide bonds. The van der Waals surface area contributed by atoms with E-state index in [1.807, 2.05) is 0 Å². The molecular weight excluding hydrogens is 510 g/mol. The molecule has 0 bridgehead atoms. The van der Waals surface area contributed by atoms with Gasteiger partial charge in [-0.25, -0.2) is 9.36 Å². The van der Waals surface area contributed by atoms with Crippen molar-refractivity contribution in [1.82, 2.24) is 9.55 Å². The number of rotatable bonds is 12. The van der Waals surface area contributed by atoms with Crippen molar-refractivity contribution in [2.75, 3.05) is 27.4 Å². The van der Waals surface area contributed by atoms with Gasteiger partial charge in [0.15, 0.2) is 5.34 Å². The maximum absolute atomic E-state index is 12.9. The molecular formula is C19H34N2O12P2.